The first-order chi connectivity index (χ1) is 18.9. The SMILES string of the molecule is CC(C)(CC(O)(Cc1cc2cc(CN3CCCCC3)ncc2[nH]1)C(F)(F)F)c1cc(-c2cccnc2)ccc1O. The Kier molecular flexibility index (Phi) is 7.63. The first-order valence-corrected chi connectivity index (χ1v) is 13.7. The van der Waals surface area contributed by atoms with E-state index in [-0.39, 0.29) is 11.4 Å². The van der Waals surface area contributed by atoms with Crippen LogP contribution < -0.4 is 0 Å². The number of nitrogens with one attached hydrogen (secondary N) is 1. The maximum Gasteiger partial charge on any atom is 0.417 e. The van der Waals surface area contributed by atoms with E-state index in [2.05, 4.69) is 19.9 Å². The van der Waals surface area contributed by atoms with Crippen molar-refractivity contribution in [3.05, 3.63) is 78.0 Å². The summed E-state index contributed by atoms with van der Waals surface area (Å²) in [6.07, 6.45) is 2.28. The number of halogens is 3. The highest BCUT2D eigenvalue weighted by Crippen LogP contribution is 2.45. The number of aromatic hydroxyl groups is 1. The van der Waals surface area contributed by atoms with E-state index in [1.165, 1.54) is 12.5 Å². The second-order valence-corrected chi connectivity index (χ2v) is 11.6. The zero-order valence-electron chi connectivity index (χ0n) is 22.8. The van der Waals surface area contributed by atoms with E-state index < -0.39 is 30.0 Å². The van der Waals surface area contributed by atoms with Crippen molar-refractivity contribution < 1.29 is 23.4 Å². The molecule has 1 saturated heterocycles. The number of aliphatic hydroxyl groups is 1. The van der Waals surface area contributed by atoms with Crippen molar-refractivity contribution in [2.24, 2.45) is 0 Å². The number of piperidine rings is 1. The average Bonchev–Trinajstić information content (AvgIpc) is 3.30. The number of aromatic nitrogens is 3. The molecular formula is C31H35F3N4O2. The molecule has 0 bridgehead atoms. The predicted molar refractivity (Wildman–Crippen MR) is 149 cm³/mol. The minimum absolute atomic E-state index is 0.125. The van der Waals surface area contributed by atoms with Gasteiger partial charge < -0.3 is 15.2 Å². The molecule has 0 saturated carbocycles. The number of pyridine rings is 2. The van der Waals surface area contributed by atoms with E-state index in [1.807, 2.05) is 12.1 Å². The zero-order valence-corrected chi connectivity index (χ0v) is 22.8. The van der Waals surface area contributed by atoms with E-state index in [0.717, 1.165) is 42.6 Å². The number of rotatable bonds is 8. The third kappa shape index (κ3) is 6.00. The van der Waals surface area contributed by atoms with Gasteiger partial charge in [0.1, 0.15) is 5.75 Å². The van der Waals surface area contributed by atoms with Crippen molar-refractivity contribution in [2.75, 3.05) is 13.1 Å². The molecular weight excluding hydrogens is 517 g/mol. The summed E-state index contributed by atoms with van der Waals surface area (Å²) in [6.45, 7) is 5.96. The van der Waals surface area contributed by atoms with Crippen LogP contribution in [0.25, 0.3) is 22.0 Å². The zero-order chi connectivity index (χ0) is 28.5. The Morgan fingerprint density at radius 2 is 1.75 bits per heavy atom. The molecule has 3 aromatic heterocycles. The number of H-pyrrole nitrogens is 1. The number of fused-ring (bicyclic) bond motifs is 1. The van der Waals surface area contributed by atoms with Crippen LogP contribution in [0.4, 0.5) is 13.2 Å². The monoisotopic (exact) mass is 552 g/mol. The van der Waals surface area contributed by atoms with Crippen LogP contribution in [0.5, 0.6) is 5.75 Å². The summed E-state index contributed by atoms with van der Waals surface area (Å²) in [5.41, 5.74) is -0.681. The van der Waals surface area contributed by atoms with Crippen molar-refractivity contribution >= 4 is 10.9 Å². The second-order valence-electron chi connectivity index (χ2n) is 11.6. The van der Waals surface area contributed by atoms with Gasteiger partial charge in [-0.1, -0.05) is 32.4 Å². The number of likely N-dealkylation sites (tertiary alicyclic amines) is 1. The molecule has 1 unspecified atom stereocenters. The number of aromatic amines is 1. The van der Waals surface area contributed by atoms with Crippen LogP contribution in [0.15, 0.2) is 61.1 Å². The molecule has 6 nitrogen and oxygen atoms in total. The smallest absolute Gasteiger partial charge is 0.417 e. The fourth-order valence-electron chi connectivity index (χ4n) is 5.86. The van der Waals surface area contributed by atoms with Gasteiger partial charge in [0.15, 0.2) is 5.60 Å². The molecule has 5 rings (SSSR count). The lowest BCUT2D eigenvalue weighted by molar-refractivity contribution is -0.266. The summed E-state index contributed by atoms with van der Waals surface area (Å²) in [5, 5.41) is 22.6. The van der Waals surface area contributed by atoms with Crippen LogP contribution >= 0.6 is 0 Å². The summed E-state index contributed by atoms with van der Waals surface area (Å²) < 4.78 is 43.5. The molecule has 212 valence electrons. The van der Waals surface area contributed by atoms with Crippen LogP contribution in [0.1, 0.15) is 56.5 Å². The first-order valence-electron chi connectivity index (χ1n) is 13.7. The maximum atomic E-state index is 14.5. The van der Waals surface area contributed by atoms with E-state index >= 15 is 0 Å². The van der Waals surface area contributed by atoms with Gasteiger partial charge in [-0.05, 0) is 73.7 Å². The van der Waals surface area contributed by atoms with Gasteiger partial charge in [0, 0.05) is 47.6 Å². The number of phenolic OH excluding ortho intramolecular Hbond substituents is 1. The standard InChI is InChI=1S/C31H35F3N4O2/c1-29(2,26-15-21(8-9-28(26)39)22-7-6-10-35-17-22)20-30(40,31(32,33)34)16-24-13-23-14-25(36-18-27(23)37-24)19-38-11-4-3-5-12-38/h6-10,13-15,17-18,37,39-40H,3-5,11-12,16,19-20H2,1-2H3. The van der Waals surface area contributed by atoms with Gasteiger partial charge >= 0.3 is 6.18 Å². The fourth-order valence-corrected chi connectivity index (χ4v) is 5.86. The number of alkyl halides is 3. The predicted octanol–water partition coefficient (Wildman–Crippen LogP) is 6.52. The first kappa shape index (κ1) is 28.1. The summed E-state index contributed by atoms with van der Waals surface area (Å²) >= 11 is 0. The van der Waals surface area contributed by atoms with Crippen molar-refractivity contribution in [1.82, 2.24) is 19.9 Å². The molecule has 4 aromatic rings. The van der Waals surface area contributed by atoms with Crippen LogP contribution in [-0.4, -0.2) is 54.9 Å². The van der Waals surface area contributed by atoms with Gasteiger partial charge in [-0.3, -0.25) is 14.9 Å². The summed E-state index contributed by atoms with van der Waals surface area (Å²) in [6, 6.07) is 12.0. The van der Waals surface area contributed by atoms with Crippen molar-refractivity contribution in [3.8, 4) is 16.9 Å². The second kappa shape index (κ2) is 10.9. The molecule has 1 aliphatic heterocycles. The van der Waals surface area contributed by atoms with E-state index in [0.29, 0.717) is 23.2 Å². The Morgan fingerprint density at radius 1 is 0.975 bits per heavy atom. The van der Waals surface area contributed by atoms with Gasteiger partial charge in [-0.25, -0.2) is 0 Å². The largest absolute Gasteiger partial charge is 0.508 e. The van der Waals surface area contributed by atoms with Crippen LogP contribution in [-0.2, 0) is 18.4 Å². The Bertz CT molecular complexity index is 1460. The maximum absolute atomic E-state index is 14.5. The molecule has 1 aromatic carbocycles. The molecule has 9 heteroatoms. The highest BCUT2D eigenvalue weighted by molar-refractivity contribution is 5.80. The summed E-state index contributed by atoms with van der Waals surface area (Å²) in [5.74, 6) is -0.125. The molecule has 0 radical (unpaired) electrons. The lowest BCUT2D eigenvalue weighted by atomic mass is 9.72. The summed E-state index contributed by atoms with van der Waals surface area (Å²) in [7, 11) is 0. The molecule has 3 N–H and O–H groups in total. The third-order valence-electron chi connectivity index (χ3n) is 7.92. The van der Waals surface area contributed by atoms with E-state index in [1.54, 1.807) is 56.7 Å². The van der Waals surface area contributed by atoms with Gasteiger partial charge in [0.25, 0.3) is 0 Å². The minimum atomic E-state index is -4.91. The quantitative estimate of drug-likeness (QED) is 0.232. The Morgan fingerprint density at radius 3 is 2.45 bits per heavy atom. The molecule has 1 fully saturated rings. The number of hydrogen-bond acceptors (Lipinski definition) is 5. The third-order valence-corrected chi connectivity index (χ3v) is 7.92. The average molecular weight is 553 g/mol. The van der Waals surface area contributed by atoms with Gasteiger partial charge in [0.2, 0.25) is 0 Å². The normalized spacial score (nSPS) is 16.8. The van der Waals surface area contributed by atoms with Crippen molar-refractivity contribution in [3.63, 3.8) is 0 Å². The molecule has 1 aliphatic rings. The number of phenols is 1. The van der Waals surface area contributed by atoms with Crippen LogP contribution in [0.3, 0.4) is 0 Å². The summed E-state index contributed by atoms with van der Waals surface area (Å²) in [4.78, 5) is 14.0. The Hall–Kier alpha value is -3.43. The van der Waals surface area contributed by atoms with Crippen LogP contribution in [0, 0.1) is 0 Å². The van der Waals surface area contributed by atoms with Crippen molar-refractivity contribution in [1.29, 1.82) is 0 Å². The van der Waals surface area contributed by atoms with E-state index in [9.17, 15) is 23.4 Å². The van der Waals surface area contributed by atoms with Crippen LogP contribution in [0.2, 0.25) is 0 Å². The molecule has 0 spiro atoms. The lowest BCUT2D eigenvalue weighted by Gasteiger charge is -2.38. The topological polar surface area (TPSA) is 85.3 Å². The van der Waals surface area contributed by atoms with Gasteiger partial charge in [-0.2, -0.15) is 13.2 Å². The Balaban J connectivity index is 1.41. The molecule has 1 atom stereocenters. The minimum Gasteiger partial charge on any atom is -0.508 e. The number of benzene rings is 1. The lowest BCUT2D eigenvalue weighted by Crippen LogP contribution is -2.50. The highest BCUT2D eigenvalue weighted by Gasteiger charge is 2.56. The molecule has 0 aliphatic carbocycles. The molecule has 4 heterocycles. The Labute approximate surface area is 231 Å². The molecule has 0 amide bonds. The fraction of sp³-hybridized carbons (Fsp3) is 0.419. The van der Waals surface area contributed by atoms with Gasteiger partial charge in [0.05, 0.1) is 17.4 Å². The number of nitrogens with zero attached hydrogens (tertiary/aromatic N) is 3. The van der Waals surface area contributed by atoms with E-state index in [4.69, 9.17) is 0 Å². The van der Waals surface area contributed by atoms with Gasteiger partial charge in [-0.15, -0.1) is 0 Å². The highest BCUT2D eigenvalue weighted by atomic mass is 19.4. The molecule has 40 heavy (non-hydrogen) atoms. The van der Waals surface area contributed by atoms with Crippen molar-refractivity contribution in [2.45, 2.75) is 69.7 Å². The number of hydrogen-bond donors (Lipinski definition) is 3.